The summed E-state index contributed by atoms with van der Waals surface area (Å²) in [6.07, 6.45) is 6.37. The molecule has 1 heterocycles. The molecular weight excluding hydrogens is 396 g/mol. The number of benzene rings is 1. The number of anilines is 1. The molecule has 3 rings (SSSR count). The van der Waals surface area contributed by atoms with E-state index in [9.17, 15) is 9.59 Å². The van der Waals surface area contributed by atoms with E-state index in [1.54, 1.807) is 23.3 Å². The number of hydrogen-bond acceptors (Lipinski definition) is 3. The monoisotopic (exact) mass is 428 g/mol. The predicted molar refractivity (Wildman–Crippen MR) is 124 cm³/mol. The standard InChI is InChI=1S/C24H32N2O3S/c1-4-5-6-14-25-24(29)26(3)19-9-7-8-18(15-19)23-22(17-10-11-17)16(2)20(30-23)12-13-21(27)28/h7-9,15,17H,4-6,10-14H2,1-3H3,(H,25,29)(H,27,28). The Morgan fingerprint density at radius 2 is 2.03 bits per heavy atom. The number of carboxylic acid groups (broad SMARTS) is 1. The summed E-state index contributed by atoms with van der Waals surface area (Å²) in [6, 6.07) is 8.03. The fraction of sp³-hybridized carbons (Fsp3) is 0.500. The van der Waals surface area contributed by atoms with Crippen molar-refractivity contribution in [3.8, 4) is 10.4 Å². The highest BCUT2D eigenvalue weighted by Gasteiger charge is 2.31. The van der Waals surface area contributed by atoms with Gasteiger partial charge in [0, 0.05) is 29.0 Å². The topological polar surface area (TPSA) is 69.6 Å². The van der Waals surface area contributed by atoms with Crippen LogP contribution in [-0.4, -0.2) is 30.7 Å². The lowest BCUT2D eigenvalue weighted by Crippen LogP contribution is -2.37. The van der Waals surface area contributed by atoms with E-state index < -0.39 is 5.97 Å². The van der Waals surface area contributed by atoms with E-state index in [1.165, 1.54) is 33.7 Å². The third kappa shape index (κ3) is 5.42. The lowest BCUT2D eigenvalue weighted by atomic mass is 10.00. The second-order valence-electron chi connectivity index (χ2n) is 8.11. The molecule has 0 spiro atoms. The van der Waals surface area contributed by atoms with Gasteiger partial charge in [0.15, 0.2) is 0 Å². The molecule has 6 heteroatoms. The molecule has 2 amide bonds. The van der Waals surface area contributed by atoms with Gasteiger partial charge in [0.2, 0.25) is 0 Å². The molecule has 2 N–H and O–H groups in total. The summed E-state index contributed by atoms with van der Waals surface area (Å²) in [5.74, 6) is -0.177. The highest BCUT2D eigenvalue weighted by Crippen LogP contribution is 2.50. The second-order valence-corrected chi connectivity index (χ2v) is 9.21. The van der Waals surface area contributed by atoms with Crippen molar-refractivity contribution < 1.29 is 14.7 Å². The van der Waals surface area contributed by atoms with Crippen molar-refractivity contribution in [1.29, 1.82) is 0 Å². The van der Waals surface area contributed by atoms with Gasteiger partial charge in [-0.3, -0.25) is 9.69 Å². The van der Waals surface area contributed by atoms with Crippen LogP contribution in [0.4, 0.5) is 10.5 Å². The lowest BCUT2D eigenvalue weighted by molar-refractivity contribution is -0.136. The maximum absolute atomic E-state index is 12.5. The van der Waals surface area contributed by atoms with Crippen LogP contribution in [0.25, 0.3) is 10.4 Å². The zero-order valence-corrected chi connectivity index (χ0v) is 19.0. The lowest BCUT2D eigenvalue weighted by Gasteiger charge is -2.19. The van der Waals surface area contributed by atoms with Crippen LogP contribution in [0.1, 0.15) is 67.4 Å². The number of nitrogens with zero attached hydrogens (tertiary/aromatic N) is 1. The number of carbonyl (C=O) groups excluding carboxylic acids is 1. The van der Waals surface area contributed by atoms with Crippen LogP contribution in [0, 0.1) is 6.92 Å². The van der Waals surface area contributed by atoms with Crippen LogP contribution in [0.15, 0.2) is 24.3 Å². The molecule has 0 bridgehead atoms. The predicted octanol–water partition coefficient (Wildman–Crippen LogP) is 5.95. The van der Waals surface area contributed by atoms with Crippen molar-refractivity contribution in [2.75, 3.05) is 18.5 Å². The van der Waals surface area contributed by atoms with Gasteiger partial charge in [-0.15, -0.1) is 11.3 Å². The minimum atomic E-state index is -0.758. The average Bonchev–Trinajstić information content (AvgIpc) is 3.52. The van der Waals surface area contributed by atoms with Crippen molar-refractivity contribution in [1.82, 2.24) is 5.32 Å². The van der Waals surface area contributed by atoms with E-state index in [2.05, 4.69) is 31.3 Å². The molecule has 0 saturated heterocycles. The quantitative estimate of drug-likeness (QED) is 0.459. The number of carboxylic acids is 1. The van der Waals surface area contributed by atoms with E-state index in [1.807, 2.05) is 12.1 Å². The molecule has 0 aliphatic heterocycles. The van der Waals surface area contributed by atoms with Gasteiger partial charge in [-0.1, -0.05) is 31.9 Å². The Morgan fingerprint density at radius 1 is 1.27 bits per heavy atom. The number of urea groups is 1. The molecule has 0 atom stereocenters. The fourth-order valence-corrected chi connectivity index (χ4v) is 5.16. The summed E-state index contributed by atoms with van der Waals surface area (Å²) < 4.78 is 0. The first-order valence-corrected chi connectivity index (χ1v) is 11.7. The van der Waals surface area contributed by atoms with Gasteiger partial charge < -0.3 is 10.4 Å². The van der Waals surface area contributed by atoms with Gasteiger partial charge in [0.1, 0.15) is 0 Å². The largest absolute Gasteiger partial charge is 0.481 e. The van der Waals surface area contributed by atoms with Crippen molar-refractivity contribution in [2.24, 2.45) is 0 Å². The maximum atomic E-state index is 12.5. The molecule has 0 radical (unpaired) electrons. The number of hydrogen-bond donors (Lipinski definition) is 2. The molecule has 162 valence electrons. The molecule has 1 fully saturated rings. The van der Waals surface area contributed by atoms with Crippen molar-refractivity contribution in [3.05, 3.63) is 40.3 Å². The average molecular weight is 429 g/mol. The third-order valence-corrected chi connectivity index (χ3v) is 7.12. The molecule has 1 aromatic heterocycles. The first-order valence-electron chi connectivity index (χ1n) is 10.9. The van der Waals surface area contributed by atoms with Crippen molar-refractivity contribution >= 4 is 29.0 Å². The molecule has 5 nitrogen and oxygen atoms in total. The minimum absolute atomic E-state index is 0.0878. The zero-order chi connectivity index (χ0) is 21.7. The summed E-state index contributed by atoms with van der Waals surface area (Å²) in [5, 5.41) is 12.1. The van der Waals surface area contributed by atoms with Gasteiger partial charge in [-0.2, -0.15) is 0 Å². The van der Waals surface area contributed by atoms with Crippen LogP contribution in [0.5, 0.6) is 0 Å². The van der Waals surface area contributed by atoms with Gasteiger partial charge in [-0.05, 0) is 67.3 Å². The van der Waals surface area contributed by atoms with Crippen LogP contribution in [-0.2, 0) is 11.2 Å². The summed E-state index contributed by atoms with van der Waals surface area (Å²) in [7, 11) is 1.80. The van der Waals surface area contributed by atoms with Gasteiger partial charge in [0.25, 0.3) is 0 Å². The molecule has 1 aliphatic rings. The Labute approximate surface area is 183 Å². The Kier molecular flexibility index (Phi) is 7.53. The summed E-state index contributed by atoms with van der Waals surface area (Å²) in [6.45, 7) is 4.97. The van der Waals surface area contributed by atoms with Gasteiger partial charge >= 0.3 is 12.0 Å². The maximum Gasteiger partial charge on any atom is 0.321 e. The molecule has 1 aromatic carbocycles. The molecule has 1 saturated carbocycles. The molecular formula is C24H32N2O3S. The number of thiophene rings is 1. The number of aryl methyl sites for hydroxylation is 1. The Bertz CT molecular complexity index is 902. The smallest absolute Gasteiger partial charge is 0.321 e. The number of aliphatic carboxylic acids is 1. The Morgan fingerprint density at radius 3 is 2.70 bits per heavy atom. The van der Waals surface area contributed by atoms with Crippen LogP contribution in [0.3, 0.4) is 0 Å². The Hall–Kier alpha value is -2.34. The minimum Gasteiger partial charge on any atom is -0.481 e. The van der Waals surface area contributed by atoms with E-state index in [0.717, 1.165) is 30.5 Å². The zero-order valence-electron chi connectivity index (χ0n) is 18.2. The summed E-state index contributed by atoms with van der Waals surface area (Å²) in [4.78, 5) is 27.6. The molecule has 0 unspecified atom stereocenters. The molecule has 2 aromatic rings. The Balaban J connectivity index is 1.82. The van der Waals surface area contributed by atoms with Gasteiger partial charge in [0.05, 0.1) is 6.42 Å². The van der Waals surface area contributed by atoms with Crippen LogP contribution in [0.2, 0.25) is 0 Å². The highest BCUT2D eigenvalue weighted by atomic mass is 32.1. The number of rotatable bonds is 10. The van der Waals surface area contributed by atoms with E-state index >= 15 is 0 Å². The van der Waals surface area contributed by atoms with Crippen LogP contribution >= 0.6 is 11.3 Å². The third-order valence-electron chi connectivity index (χ3n) is 5.70. The molecule has 30 heavy (non-hydrogen) atoms. The number of unbranched alkanes of at least 4 members (excludes halogenated alkanes) is 2. The first-order chi connectivity index (χ1) is 14.4. The van der Waals surface area contributed by atoms with Gasteiger partial charge in [-0.25, -0.2) is 4.79 Å². The van der Waals surface area contributed by atoms with E-state index in [4.69, 9.17) is 5.11 Å². The molecule has 1 aliphatic carbocycles. The number of amides is 2. The van der Waals surface area contributed by atoms with Crippen LogP contribution < -0.4 is 10.2 Å². The first kappa shape index (κ1) is 22.3. The fourth-order valence-electron chi connectivity index (χ4n) is 3.77. The number of nitrogens with one attached hydrogen (secondary N) is 1. The summed E-state index contributed by atoms with van der Waals surface area (Å²) >= 11 is 1.72. The SMILES string of the molecule is CCCCCNC(=O)N(C)c1cccc(-c2sc(CCC(=O)O)c(C)c2C2CC2)c1. The van der Waals surface area contributed by atoms with E-state index in [0.29, 0.717) is 18.9 Å². The summed E-state index contributed by atoms with van der Waals surface area (Å²) in [5.41, 5.74) is 4.60. The highest BCUT2D eigenvalue weighted by molar-refractivity contribution is 7.16. The van der Waals surface area contributed by atoms with Crippen molar-refractivity contribution in [3.63, 3.8) is 0 Å². The van der Waals surface area contributed by atoms with E-state index in [-0.39, 0.29) is 12.5 Å². The second kappa shape index (κ2) is 10.1. The number of carbonyl (C=O) groups is 2. The normalized spacial score (nSPS) is 13.3. The van der Waals surface area contributed by atoms with Crippen molar-refractivity contribution in [2.45, 2.75) is 64.7 Å².